The van der Waals surface area contributed by atoms with E-state index < -0.39 is 36.4 Å². The quantitative estimate of drug-likeness (QED) is 0.506. The third-order valence-corrected chi connectivity index (χ3v) is 3.68. The fourth-order valence-corrected chi connectivity index (χ4v) is 2.45. The van der Waals surface area contributed by atoms with Gasteiger partial charge in [0.05, 0.1) is 5.56 Å². The molecular weight excluding hydrogens is 422 g/mol. The second-order valence-corrected chi connectivity index (χ2v) is 6.57. The Morgan fingerprint density at radius 1 is 0.781 bits per heavy atom. The number of ether oxygens (including phenoxy) is 4. The number of hydrogen-bond acceptors (Lipinski definition) is 9. The van der Waals surface area contributed by atoms with Gasteiger partial charge in [0.1, 0.15) is 0 Å². The van der Waals surface area contributed by atoms with Gasteiger partial charge in [-0.1, -0.05) is 17.7 Å². The van der Waals surface area contributed by atoms with E-state index in [0.717, 1.165) is 38.5 Å². The molecule has 1 amide bonds. The lowest BCUT2D eigenvalue weighted by atomic mass is 10.2. The second-order valence-electron chi connectivity index (χ2n) is 6.57. The Balaban J connectivity index is 2.23. The zero-order chi connectivity index (χ0) is 23.8. The van der Waals surface area contributed by atoms with Crippen molar-refractivity contribution in [2.24, 2.45) is 0 Å². The molecule has 0 radical (unpaired) electrons. The van der Waals surface area contributed by atoms with Gasteiger partial charge in [-0.15, -0.1) is 0 Å². The largest absolute Gasteiger partial charge is 0.452 e. The minimum absolute atomic E-state index is 0.212. The van der Waals surface area contributed by atoms with Crippen LogP contribution in [0.2, 0.25) is 0 Å². The van der Waals surface area contributed by atoms with E-state index in [-0.39, 0.29) is 22.8 Å². The van der Waals surface area contributed by atoms with Gasteiger partial charge >= 0.3 is 23.9 Å². The van der Waals surface area contributed by atoms with Crippen molar-refractivity contribution in [1.82, 2.24) is 0 Å². The molecule has 0 aliphatic carbocycles. The number of anilines is 1. The summed E-state index contributed by atoms with van der Waals surface area (Å²) in [6.07, 6.45) is 0. The van der Waals surface area contributed by atoms with Gasteiger partial charge < -0.3 is 24.3 Å². The van der Waals surface area contributed by atoms with Crippen LogP contribution in [-0.2, 0) is 23.9 Å². The van der Waals surface area contributed by atoms with Crippen LogP contribution in [0.1, 0.15) is 36.7 Å². The van der Waals surface area contributed by atoms with E-state index in [1.54, 1.807) is 24.3 Å². The van der Waals surface area contributed by atoms with Crippen molar-refractivity contribution in [3.05, 3.63) is 47.5 Å². The Morgan fingerprint density at radius 3 is 1.75 bits per heavy atom. The fourth-order valence-electron chi connectivity index (χ4n) is 2.45. The van der Waals surface area contributed by atoms with E-state index in [1.165, 1.54) is 0 Å². The Hall–Kier alpha value is -4.21. The maximum atomic E-state index is 12.5. The topological polar surface area (TPSA) is 134 Å². The number of carbonyl (C=O) groups is 5. The van der Waals surface area contributed by atoms with Crippen LogP contribution < -0.4 is 19.5 Å². The molecule has 10 heteroatoms. The van der Waals surface area contributed by atoms with Crippen molar-refractivity contribution < 1.29 is 42.9 Å². The lowest BCUT2D eigenvalue weighted by Crippen LogP contribution is -2.21. The zero-order valence-corrected chi connectivity index (χ0v) is 17.8. The summed E-state index contributed by atoms with van der Waals surface area (Å²) in [6, 6.07) is 9.12. The molecule has 0 saturated carbocycles. The second kappa shape index (κ2) is 10.7. The van der Waals surface area contributed by atoms with E-state index in [4.69, 9.17) is 18.9 Å². The highest BCUT2D eigenvalue weighted by atomic mass is 16.6. The van der Waals surface area contributed by atoms with E-state index >= 15 is 0 Å². The highest BCUT2D eigenvalue weighted by Crippen LogP contribution is 2.39. The number of carbonyl (C=O) groups excluding carboxylic acids is 5. The molecule has 168 valence electrons. The molecular formula is C22H21NO9. The first-order valence-electron chi connectivity index (χ1n) is 9.32. The fraction of sp³-hybridized carbons (Fsp3) is 0.227. The van der Waals surface area contributed by atoms with Crippen LogP contribution >= 0.6 is 0 Å². The molecule has 1 N–H and O–H groups in total. The van der Waals surface area contributed by atoms with Crippen LogP contribution in [0.25, 0.3) is 0 Å². The molecule has 2 aromatic rings. The Kier molecular flexibility index (Phi) is 8.05. The molecule has 10 nitrogen and oxygen atoms in total. The van der Waals surface area contributed by atoms with Crippen LogP contribution in [0.4, 0.5) is 5.69 Å². The first-order chi connectivity index (χ1) is 15.0. The van der Waals surface area contributed by atoms with Crippen molar-refractivity contribution in [3.63, 3.8) is 0 Å². The van der Waals surface area contributed by atoms with E-state index in [0.29, 0.717) is 5.69 Å². The predicted octanol–water partition coefficient (Wildman–Crippen LogP) is 2.57. The summed E-state index contributed by atoms with van der Waals surface area (Å²) in [6.45, 7) is 4.55. The molecule has 2 aromatic carbocycles. The predicted molar refractivity (Wildman–Crippen MR) is 110 cm³/mol. The molecule has 0 unspecified atom stereocenters. The first-order valence-corrected chi connectivity index (χ1v) is 9.32. The average Bonchev–Trinajstić information content (AvgIpc) is 2.69. The molecule has 2 rings (SSSR count). The highest BCUT2D eigenvalue weighted by Gasteiger charge is 2.23. The Labute approximate surface area is 183 Å². The monoisotopic (exact) mass is 443 g/mol. The SMILES string of the molecule is CC(=O)Oc1cc(C(=O)OCC(=O)Nc2ccc(C)cc2)cc(OC(C)=O)c1OC(C)=O. The molecule has 0 aliphatic heterocycles. The van der Waals surface area contributed by atoms with Crippen molar-refractivity contribution in [2.45, 2.75) is 27.7 Å². The van der Waals surface area contributed by atoms with E-state index in [2.05, 4.69) is 5.32 Å². The van der Waals surface area contributed by atoms with Gasteiger partial charge in [-0.25, -0.2) is 4.79 Å². The number of hydrogen-bond donors (Lipinski definition) is 1. The van der Waals surface area contributed by atoms with Gasteiger partial charge in [0.25, 0.3) is 5.91 Å². The van der Waals surface area contributed by atoms with Gasteiger partial charge in [0.2, 0.25) is 5.75 Å². The molecule has 0 fully saturated rings. The van der Waals surface area contributed by atoms with Gasteiger partial charge in [-0.2, -0.15) is 0 Å². The summed E-state index contributed by atoms with van der Waals surface area (Å²) < 4.78 is 19.9. The van der Waals surface area contributed by atoms with E-state index in [9.17, 15) is 24.0 Å². The minimum Gasteiger partial charge on any atom is -0.452 e. The standard InChI is InChI=1S/C22H21NO9/c1-12-5-7-17(8-6-12)23-20(27)11-29-22(28)16-9-18(30-13(2)24)21(32-15(4)26)19(10-16)31-14(3)25/h5-10H,11H2,1-4H3,(H,23,27). The smallest absolute Gasteiger partial charge is 0.338 e. The molecule has 0 aliphatic rings. The van der Waals surface area contributed by atoms with Crippen molar-refractivity contribution in [3.8, 4) is 17.2 Å². The molecule has 0 aromatic heterocycles. The summed E-state index contributed by atoms with van der Waals surface area (Å²) >= 11 is 0. The van der Waals surface area contributed by atoms with Crippen LogP contribution in [0.15, 0.2) is 36.4 Å². The summed E-state index contributed by atoms with van der Waals surface area (Å²) in [5.74, 6) is -4.96. The summed E-state index contributed by atoms with van der Waals surface area (Å²) in [5.41, 5.74) is 1.33. The lowest BCUT2D eigenvalue weighted by Gasteiger charge is -2.14. The number of nitrogens with one attached hydrogen (secondary N) is 1. The number of aryl methyl sites for hydroxylation is 1. The third-order valence-electron chi connectivity index (χ3n) is 3.68. The van der Waals surface area contributed by atoms with Crippen molar-refractivity contribution >= 4 is 35.5 Å². The number of rotatable bonds is 7. The molecule has 0 spiro atoms. The summed E-state index contributed by atoms with van der Waals surface area (Å²) in [5, 5.41) is 2.57. The van der Waals surface area contributed by atoms with Gasteiger partial charge in [0, 0.05) is 26.5 Å². The highest BCUT2D eigenvalue weighted by molar-refractivity contribution is 5.96. The molecule has 0 saturated heterocycles. The van der Waals surface area contributed by atoms with Crippen LogP contribution in [-0.4, -0.2) is 36.4 Å². The van der Waals surface area contributed by atoms with Crippen LogP contribution in [0.3, 0.4) is 0 Å². The normalized spacial score (nSPS) is 10.0. The minimum atomic E-state index is -0.972. The van der Waals surface area contributed by atoms with Gasteiger partial charge in [-0.3, -0.25) is 19.2 Å². The molecule has 0 bridgehead atoms. The average molecular weight is 443 g/mol. The van der Waals surface area contributed by atoms with Gasteiger partial charge in [-0.05, 0) is 31.2 Å². The lowest BCUT2D eigenvalue weighted by molar-refractivity contribution is -0.135. The van der Waals surface area contributed by atoms with Crippen LogP contribution in [0.5, 0.6) is 17.2 Å². The zero-order valence-electron chi connectivity index (χ0n) is 17.8. The van der Waals surface area contributed by atoms with Crippen LogP contribution in [0, 0.1) is 6.92 Å². The van der Waals surface area contributed by atoms with Crippen molar-refractivity contribution in [1.29, 1.82) is 0 Å². The molecule has 32 heavy (non-hydrogen) atoms. The molecule has 0 atom stereocenters. The van der Waals surface area contributed by atoms with E-state index in [1.807, 2.05) is 6.92 Å². The number of benzene rings is 2. The Bertz CT molecular complexity index is 1020. The Morgan fingerprint density at radius 2 is 1.28 bits per heavy atom. The number of esters is 4. The summed E-state index contributed by atoms with van der Waals surface area (Å²) in [7, 11) is 0. The third kappa shape index (κ3) is 7.24. The number of amides is 1. The van der Waals surface area contributed by atoms with Gasteiger partial charge in [0.15, 0.2) is 18.1 Å². The maximum Gasteiger partial charge on any atom is 0.338 e. The molecule has 0 heterocycles. The van der Waals surface area contributed by atoms with Crippen molar-refractivity contribution in [2.75, 3.05) is 11.9 Å². The summed E-state index contributed by atoms with van der Waals surface area (Å²) in [4.78, 5) is 58.8. The first kappa shape index (κ1) is 24.1. The maximum absolute atomic E-state index is 12.5.